The van der Waals surface area contributed by atoms with E-state index >= 15 is 0 Å². The van der Waals surface area contributed by atoms with E-state index in [1.165, 1.54) is 11.4 Å². The third-order valence-electron chi connectivity index (χ3n) is 9.60. The first kappa shape index (κ1) is 56.7. The van der Waals surface area contributed by atoms with Gasteiger partial charge in [0.2, 0.25) is 0 Å². The van der Waals surface area contributed by atoms with Gasteiger partial charge in [0.15, 0.2) is 0 Å². The second-order valence-electron chi connectivity index (χ2n) is 14.6. The Morgan fingerprint density at radius 3 is 1.20 bits per heavy atom. The SMILES string of the molecule is COCCOC(=O)CCN(CCCN1CCN(CCCN(CCC(=O)OCCOC(=O)C(C)CS)CCC(=O)OCCOC(=O)C(C)CSP)CC1)CCC(=O)OCCOC. The van der Waals surface area contributed by atoms with Crippen molar-refractivity contribution < 1.29 is 66.7 Å². The summed E-state index contributed by atoms with van der Waals surface area (Å²) in [4.78, 5) is 82.3. The molecule has 0 spiro atoms. The minimum atomic E-state index is -0.429. The van der Waals surface area contributed by atoms with Crippen LogP contribution in [0.2, 0.25) is 0 Å². The molecular formula is C40H73N4O14PS2. The molecule has 0 radical (unpaired) electrons. The van der Waals surface area contributed by atoms with E-state index in [-0.39, 0.29) is 95.1 Å². The molecule has 1 rings (SSSR count). The fourth-order valence-electron chi connectivity index (χ4n) is 5.87. The van der Waals surface area contributed by atoms with E-state index in [9.17, 15) is 28.8 Å². The predicted molar refractivity (Wildman–Crippen MR) is 237 cm³/mol. The number of hydrogen-bond acceptors (Lipinski definition) is 20. The number of methoxy groups -OCH3 is 2. The first-order chi connectivity index (χ1) is 29.4. The largest absolute Gasteiger partial charge is 0.463 e. The third kappa shape index (κ3) is 30.4. The molecule has 0 aromatic rings. The fraction of sp³-hybridized carbons (Fsp3) is 0.850. The number of rotatable bonds is 37. The molecule has 0 aromatic carbocycles. The van der Waals surface area contributed by atoms with E-state index in [4.69, 9.17) is 37.9 Å². The van der Waals surface area contributed by atoms with Crippen LogP contribution in [0.1, 0.15) is 52.4 Å². The molecule has 1 heterocycles. The van der Waals surface area contributed by atoms with Crippen LogP contribution in [0, 0.1) is 11.8 Å². The first-order valence-electron chi connectivity index (χ1n) is 21.2. The van der Waals surface area contributed by atoms with Crippen LogP contribution in [0.5, 0.6) is 0 Å². The minimum Gasteiger partial charge on any atom is -0.463 e. The highest BCUT2D eigenvalue weighted by Crippen LogP contribution is 2.16. The van der Waals surface area contributed by atoms with Crippen molar-refractivity contribution in [1.29, 1.82) is 0 Å². The molecule has 3 unspecified atom stereocenters. The van der Waals surface area contributed by atoms with Gasteiger partial charge in [-0.15, -0.1) is 11.4 Å². The van der Waals surface area contributed by atoms with Crippen molar-refractivity contribution in [3.8, 4) is 0 Å². The number of esters is 6. The normalized spacial score (nSPS) is 14.4. The Hall–Kier alpha value is -2.29. The lowest BCUT2D eigenvalue weighted by Crippen LogP contribution is -2.47. The quantitative estimate of drug-likeness (QED) is 0.0312. The molecule has 0 amide bonds. The molecule has 0 N–H and O–H groups in total. The zero-order valence-electron chi connectivity index (χ0n) is 36.9. The molecule has 1 saturated heterocycles. The van der Waals surface area contributed by atoms with Gasteiger partial charge in [0.05, 0.1) is 50.7 Å². The molecule has 21 heteroatoms. The Morgan fingerprint density at radius 2 is 0.869 bits per heavy atom. The van der Waals surface area contributed by atoms with Crippen LogP contribution >= 0.6 is 32.5 Å². The van der Waals surface area contributed by atoms with Gasteiger partial charge in [0.1, 0.15) is 39.6 Å². The molecule has 18 nitrogen and oxygen atoms in total. The predicted octanol–water partition coefficient (Wildman–Crippen LogP) is 1.83. The molecule has 0 aliphatic carbocycles. The average Bonchev–Trinajstić information content (AvgIpc) is 3.25. The maximum absolute atomic E-state index is 12.5. The number of ether oxygens (including phenoxy) is 8. The van der Waals surface area contributed by atoms with Crippen LogP contribution in [0.25, 0.3) is 0 Å². The average molecular weight is 929 g/mol. The van der Waals surface area contributed by atoms with E-state index in [0.717, 1.165) is 58.7 Å². The molecule has 354 valence electrons. The van der Waals surface area contributed by atoms with Gasteiger partial charge >= 0.3 is 35.8 Å². The highest BCUT2D eigenvalue weighted by atomic mass is 32.7. The van der Waals surface area contributed by atoms with E-state index < -0.39 is 17.9 Å². The Labute approximate surface area is 374 Å². The van der Waals surface area contributed by atoms with Gasteiger partial charge in [-0.25, -0.2) is 0 Å². The number of thiol groups is 1. The Bertz CT molecular complexity index is 1210. The lowest BCUT2D eigenvalue weighted by Gasteiger charge is -2.35. The second kappa shape index (κ2) is 37.1. The molecule has 0 saturated carbocycles. The van der Waals surface area contributed by atoms with Crippen LogP contribution < -0.4 is 0 Å². The maximum atomic E-state index is 12.5. The summed E-state index contributed by atoms with van der Waals surface area (Å²) in [6, 6.07) is 0. The molecule has 0 aromatic heterocycles. The van der Waals surface area contributed by atoms with E-state index in [1.807, 2.05) is 4.90 Å². The Balaban J connectivity index is 2.57. The standard InChI is InChI=1S/C40H73N4O14PS2/c1-33(31-60)39(49)57-29-27-55-37(47)9-17-42(18-10-38(48)56-28-30-58-40(50)34(2)32-61-59)12-6-14-44-21-19-43(20-22-44)13-5-11-41(15-7-35(45)53-25-23-51-3)16-8-36(46)54-26-24-52-4/h33-34,60H,5-32,59H2,1-4H3. The summed E-state index contributed by atoms with van der Waals surface area (Å²) in [6.45, 7) is 12.9. The van der Waals surface area contributed by atoms with Crippen molar-refractivity contribution in [2.75, 3.05) is 157 Å². The lowest BCUT2D eigenvalue weighted by atomic mass is 10.2. The summed E-state index contributed by atoms with van der Waals surface area (Å²) in [6.07, 6.45) is 2.35. The maximum Gasteiger partial charge on any atom is 0.309 e. The Kier molecular flexibility index (Phi) is 34.5. The molecule has 1 aliphatic rings. The van der Waals surface area contributed by atoms with Crippen LogP contribution in [-0.2, 0) is 66.7 Å². The number of carbonyl (C=O) groups is 6. The van der Waals surface area contributed by atoms with Crippen molar-refractivity contribution in [2.24, 2.45) is 11.8 Å². The lowest BCUT2D eigenvalue weighted by molar-refractivity contribution is -0.154. The highest BCUT2D eigenvalue weighted by Gasteiger charge is 2.20. The molecule has 0 bridgehead atoms. The topological polar surface area (TPSA) is 189 Å². The van der Waals surface area contributed by atoms with Gasteiger partial charge in [-0.05, 0) is 39.0 Å². The fourth-order valence-corrected chi connectivity index (χ4v) is 7.31. The van der Waals surface area contributed by atoms with Crippen molar-refractivity contribution in [3.63, 3.8) is 0 Å². The van der Waals surface area contributed by atoms with Gasteiger partial charge in [0, 0.05) is 78.1 Å². The van der Waals surface area contributed by atoms with Crippen LogP contribution in [-0.4, -0.2) is 213 Å². The summed E-state index contributed by atoms with van der Waals surface area (Å²) >= 11 is 5.57. The highest BCUT2D eigenvalue weighted by molar-refractivity contribution is 8.43. The van der Waals surface area contributed by atoms with Crippen molar-refractivity contribution >= 4 is 68.3 Å². The number of hydrogen-bond donors (Lipinski definition) is 1. The molecule has 3 atom stereocenters. The molecular weight excluding hydrogens is 856 g/mol. The summed E-state index contributed by atoms with van der Waals surface area (Å²) in [5.41, 5.74) is 0. The molecule has 1 aliphatic heterocycles. The van der Waals surface area contributed by atoms with Gasteiger partial charge in [-0.1, -0.05) is 22.3 Å². The van der Waals surface area contributed by atoms with Crippen molar-refractivity contribution in [3.05, 3.63) is 0 Å². The van der Waals surface area contributed by atoms with Crippen molar-refractivity contribution in [2.45, 2.75) is 52.4 Å². The second-order valence-corrected chi connectivity index (χ2v) is 16.6. The zero-order valence-corrected chi connectivity index (χ0v) is 39.8. The summed E-state index contributed by atoms with van der Waals surface area (Å²) in [5.74, 6) is -1.82. The van der Waals surface area contributed by atoms with E-state index in [2.05, 4.69) is 35.8 Å². The summed E-state index contributed by atoms with van der Waals surface area (Å²) in [7, 11) is 5.60. The van der Waals surface area contributed by atoms with Gasteiger partial charge in [-0.3, -0.25) is 28.8 Å². The van der Waals surface area contributed by atoms with Crippen LogP contribution in [0.3, 0.4) is 0 Å². The van der Waals surface area contributed by atoms with Crippen LogP contribution in [0.4, 0.5) is 0 Å². The van der Waals surface area contributed by atoms with Gasteiger partial charge < -0.3 is 57.5 Å². The number of nitrogens with zero attached hydrogens (tertiary/aromatic N) is 4. The number of piperazine rings is 1. The first-order valence-corrected chi connectivity index (χ1v) is 24.3. The van der Waals surface area contributed by atoms with E-state index in [0.29, 0.717) is 57.4 Å². The molecule has 61 heavy (non-hydrogen) atoms. The van der Waals surface area contributed by atoms with E-state index in [1.54, 1.807) is 28.1 Å². The summed E-state index contributed by atoms with van der Waals surface area (Å²) in [5, 5.41) is 0. The van der Waals surface area contributed by atoms with Gasteiger partial charge in [-0.2, -0.15) is 12.6 Å². The Morgan fingerprint density at radius 1 is 0.541 bits per heavy atom. The summed E-state index contributed by atoms with van der Waals surface area (Å²) < 4.78 is 41.2. The van der Waals surface area contributed by atoms with Crippen molar-refractivity contribution in [1.82, 2.24) is 19.6 Å². The minimum absolute atomic E-state index is 0.0113. The van der Waals surface area contributed by atoms with Gasteiger partial charge in [0.25, 0.3) is 0 Å². The smallest absolute Gasteiger partial charge is 0.309 e. The zero-order chi connectivity index (χ0) is 45.1. The molecule has 1 fully saturated rings. The third-order valence-corrected chi connectivity index (χ3v) is 11.4. The monoisotopic (exact) mass is 928 g/mol. The number of carbonyl (C=O) groups excluding carboxylic acids is 6. The van der Waals surface area contributed by atoms with Crippen LogP contribution in [0.15, 0.2) is 0 Å².